The molecule has 3 rings (SSSR count). The van der Waals surface area contributed by atoms with Crippen LogP contribution in [0.2, 0.25) is 0 Å². The molecule has 2 aromatic rings. The van der Waals surface area contributed by atoms with Crippen LogP contribution in [-0.2, 0) is 4.79 Å². The third kappa shape index (κ3) is 2.09. The molecular formula is C17H18N2O3. The second-order valence-corrected chi connectivity index (χ2v) is 5.53. The summed E-state index contributed by atoms with van der Waals surface area (Å²) in [7, 11) is 0. The van der Waals surface area contributed by atoms with Crippen LogP contribution in [-0.4, -0.2) is 28.8 Å². The summed E-state index contributed by atoms with van der Waals surface area (Å²) in [5.41, 5.74) is -0.453. The van der Waals surface area contributed by atoms with Crippen molar-refractivity contribution in [3.05, 3.63) is 60.1 Å². The van der Waals surface area contributed by atoms with E-state index in [-0.39, 0.29) is 17.9 Å². The lowest BCUT2D eigenvalue weighted by Gasteiger charge is -2.53. The largest absolute Gasteiger partial charge is 0.467 e. The first kappa shape index (κ1) is 14.4. The molecule has 1 aliphatic heterocycles. The summed E-state index contributed by atoms with van der Waals surface area (Å²) in [5.74, 6) is 0.321. The van der Waals surface area contributed by atoms with Crippen LogP contribution in [0.15, 0.2) is 53.1 Å². The molecule has 0 spiro atoms. The normalized spacial score (nSPS) is 24.0. The number of likely N-dealkylation sites (N-methyl/N-ethyl adjacent to an activating group) is 1. The maximum absolute atomic E-state index is 12.5. The van der Waals surface area contributed by atoms with Crippen molar-refractivity contribution in [1.82, 2.24) is 10.2 Å². The highest BCUT2D eigenvalue weighted by Gasteiger charge is 2.59. The molecule has 2 atom stereocenters. The Balaban J connectivity index is 1.87. The van der Waals surface area contributed by atoms with E-state index in [2.05, 4.69) is 5.32 Å². The Morgan fingerprint density at radius 2 is 2.00 bits per heavy atom. The molecule has 0 saturated carbocycles. The molecule has 5 heteroatoms. The lowest BCUT2D eigenvalue weighted by molar-refractivity contribution is -0.162. The summed E-state index contributed by atoms with van der Waals surface area (Å²) in [5, 5.41) is 2.87. The second-order valence-electron chi connectivity index (χ2n) is 5.53. The quantitative estimate of drug-likeness (QED) is 0.881. The molecule has 1 fully saturated rings. The van der Waals surface area contributed by atoms with Crippen molar-refractivity contribution in [1.29, 1.82) is 0 Å². The molecule has 5 nitrogen and oxygen atoms in total. The molecule has 0 aliphatic carbocycles. The summed E-state index contributed by atoms with van der Waals surface area (Å²) < 4.78 is 5.46. The van der Waals surface area contributed by atoms with Gasteiger partial charge < -0.3 is 14.6 Å². The van der Waals surface area contributed by atoms with E-state index in [1.54, 1.807) is 48.4 Å². The van der Waals surface area contributed by atoms with E-state index in [0.29, 0.717) is 17.9 Å². The first-order chi connectivity index (χ1) is 10.6. The topological polar surface area (TPSA) is 62.6 Å². The zero-order chi connectivity index (χ0) is 15.7. The smallest absolute Gasteiger partial charge is 0.252 e. The van der Waals surface area contributed by atoms with Crippen molar-refractivity contribution in [2.75, 3.05) is 6.54 Å². The molecule has 1 aromatic heterocycles. The Morgan fingerprint density at radius 3 is 2.59 bits per heavy atom. The van der Waals surface area contributed by atoms with Crippen LogP contribution in [0, 0.1) is 0 Å². The van der Waals surface area contributed by atoms with Gasteiger partial charge in [-0.25, -0.2) is 0 Å². The first-order valence-corrected chi connectivity index (χ1v) is 7.30. The van der Waals surface area contributed by atoms with Crippen molar-refractivity contribution < 1.29 is 14.0 Å². The number of rotatable bonds is 4. The minimum atomic E-state index is -0.985. The summed E-state index contributed by atoms with van der Waals surface area (Å²) in [6, 6.07) is 12.2. The number of hydrogen-bond donors (Lipinski definition) is 1. The molecule has 0 bridgehead atoms. The van der Waals surface area contributed by atoms with Gasteiger partial charge >= 0.3 is 0 Å². The fourth-order valence-corrected chi connectivity index (χ4v) is 3.01. The van der Waals surface area contributed by atoms with Crippen LogP contribution in [0.5, 0.6) is 0 Å². The van der Waals surface area contributed by atoms with E-state index in [0.717, 1.165) is 0 Å². The van der Waals surface area contributed by atoms with E-state index >= 15 is 0 Å². The lowest BCUT2D eigenvalue weighted by atomic mass is 9.78. The number of benzene rings is 1. The van der Waals surface area contributed by atoms with E-state index in [1.807, 2.05) is 19.1 Å². The molecule has 2 unspecified atom stereocenters. The summed E-state index contributed by atoms with van der Waals surface area (Å²) in [6.07, 6.45) is 1.57. The standard InChI is InChI=1S/C17H18N2O3/c1-3-19-14(13-10-7-11-22-13)17(2,16(19)21)18-15(20)12-8-5-4-6-9-12/h4-11,14H,3H2,1-2H3,(H,18,20). The molecule has 0 radical (unpaired) electrons. The number of likely N-dealkylation sites (tertiary alicyclic amines) is 1. The third-order valence-corrected chi connectivity index (χ3v) is 4.13. The monoisotopic (exact) mass is 298 g/mol. The number of hydrogen-bond acceptors (Lipinski definition) is 3. The number of β-lactam (4-membered cyclic amide) rings is 1. The van der Waals surface area contributed by atoms with Gasteiger partial charge in [-0.2, -0.15) is 0 Å². The van der Waals surface area contributed by atoms with Crippen molar-refractivity contribution in [3.8, 4) is 0 Å². The third-order valence-electron chi connectivity index (χ3n) is 4.13. The molecule has 114 valence electrons. The van der Waals surface area contributed by atoms with Gasteiger partial charge in [0.15, 0.2) is 0 Å². The van der Waals surface area contributed by atoms with E-state index < -0.39 is 5.54 Å². The highest BCUT2D eigenvalue weighted by atomic mass is 16.3. The maximum atomic E-state index is 12.5. The number of carbonyl (C=O) groups excluding carboxylic acids is 2. The van der Waals surface area contributed by atoms with Gasteiger partial charge in [0.1, 0.15) is 17.3 Å². The zero-order valence-electron chi connectivity index (χ0n) is 12.6. The summed E-state index contributed by atoms with van der Waals surface area (Å²) in [6.45, 7) is 4.23. The zero-order valence-corrected chi connectivity index (χ0v) is 12.6. The van der Waals surface area contributed by atoms with Gasteiger partial charge in [-0.3, -0.25) is 9.59 Å². The number of furan rings is 1. The van der Waals surface area contributed by atoms with Crippen LogP contribution in [0.3, 0.4) is 0 Å². The van der Waals surface area contributed by atoms with Crippen LogP contribution >= 0.6 is 0 Å². The second kappa shape index (κ2) is 5.33. The number of nitrogens with one attached hydrogen (secondary N) is 1. The Bertz CT molecular complexity index is 681. The minimum absolute atomic E-state index is 0.0966. The number of nitrogens with zero attached hydrogens (tertiary/aromatic N) is 1. The van der Waals surface area contributed by atoms with Gasteiger partial charge in [-0.15, -0.1) is 0 Å². The van der Waals surface area contributed by atoms with Crippen LogP contribution in [0.1, 0.15) is 36.0 Å². The Kier molecular flexibility index (Phi) is 3.48. The highest BCUT2D eigenvalue weighted by Crippen LogP contribution is 2.43. The van der Waals surface area contributed by atoms with Crippen molar-refractivity contribution >= 4 is 11.8 Å². The van der Waals surface area contributed by atoms with Gasteiger partial charge in [0.25, 0.3) is 11.8 Å². The maximum Gasteiger partial charge on any atom is 0.252 e. The average molecular weight is 298 g/mol. The fraction of sp³-hybridized carbons (Fsp3) is 0.294. The molecule has 22 heavy (non-hydrogen) atoms. The molecular weight excluding hydrogens is 280 g/mol. The molecule has 2 amide bonds. The lowest BCUT2D eigenvalue weighted by Crippen LogP contribution is -2.73. The van der Waals surface area contributed by atoms with Crippen molar-refractivity contribution in [3.63, 3.8) is 0 Å². The van der Waals surface area contributed by atoms with Gasteiger partial charge in [0.05, 0.1) is 6.26 Å². The Labute approximate surface area is 128 Å². The van der Waals surface area contributed by atoms with Gasteiger partial charge in [-0.1, -0.05) is 18.2 Å². The molecule has 1 N–H and O–H groups in total. The molecule has 2 heterocycles. The first-order valence-electron chi connectivity index (χ1n) is 7.30. The molecule has 1 aliphatic rings. The van der Waals surface area contributed by atoms with E-state index in [1.165, 1.54) is 0 Å². The highest BCUT2D eigenvalue weighted by molar-refractivity contribution is 6.02. The van der Waals surface area contributed by atoms with Gasteiger partial charge in [0, 0.05) is 12.1 Å². The van der Waals surface area contributed by atoms with Crippen LogP contribution < -0.4 is 5.32 Å². The van der Waals surface area contributed by atoms with Gasteiger partial charge in [0.2, 0.25) is 0 Å². The SMILES string of the molecule is CCN1C(=O)C(C)(NC(=O)c2ccccc2)C1c1ccco1. The van der Waals surface area contributed by atoms with E-state index in [9.17, 15) is 9.59 Å². The fourth-order valence-electron chi connectivity index (χ4n) is 3.01. The van der Waals surface area contributed by atoms with Crippen LogP contribution in [0.25, 0.3) is 0 Å². The van der Waals surface area contributed by atoms with Crippen molar-refractivity contribution in [2.24, 2.45) is 0 Å². The summed E-state index contributed by atoms with van der Waals surface area (Å²) >= 11 is 0. The predicted octanol–water partition coefficient (Wildman–Crippen LogP) is 2.37. The predicted molar refractivity (Wildman–Crippen MR) is 81.1 cm³/mol. The Hall–Kier alpha value is -2.56. The number of amides is 2. The molecule has 1 aromatic carbocycles. The van der Waals surface area contributed by atoms with Crippen LogP contribution in [0.4, 0.5) is 0 Å². The van der Waals surface area contributed by atoms with Crippen molar-refractivity contribution in [2.45, 2.75) is 25.4 Å². The average Bonchev–Trinajstić information content (AvgIpc) is 3.05. The summed E-state index contributed by atoms with van der Waals surface area (Å²) in [4.78, 5) is 26.6. The van der Waals surface area contributed by atoms with Gasteiger partial charge in [-0.05, 0) is 38.1 Å². The molecule has 1 saturated heterocycles. The minimum Gasteiger partial charge on any atom is -0.467 e. The Morgan fingerprint density at radius 1 is 1.27 bits per heavy atom. The number of carbonyl (C=O) groups is 2. The van der Waals surface area contributed by atoms with E-state index in [4.69, 9.17) is 4.42 Å².